The van der Waals surface area contributed by atoms with Crippen molar-refractivity contribution in [2.45, 2.75) is 294 Å². The standard InChI is InChI=1S/C29H40O4.2C24H38O4.CH4/c1-4-24(30)23-13-12-21-20-11-10-19-16-25(31)26(33-27(32)18-8-6-5-7-9-18)17-29(19,3)22(20)14-15-28(21,23)2;1-5-21(27)19-7-6-17-16-13-22(28-14(2)25)20-12-15(26)8-10-24(20,4)18(16)9-11-23(17,19)3;1-5-20(26)19-9-8-17-16-7-6-15-12-21(27)22(28-14(2)25)13-24(15,4)18(16)10-11-23(17,19)3;/h5-9,19-23,25-26,31H,4,10-17H2,1-3H3;15-20,22,26H,5-13H2,1-4H3;15-19,21-22,27H,5-13H2,1-4H3;1H4/t19-,20-,21-,22-,23+,25-,26-,28-,29-;15-,16+,17+,18+,19-,20-,22+,23+,24-;15-,16-,17-,18-,19+,21-,22-,23-,24-;/m010./s1. The number of aliphatic hydroxyl groups excluding tert-OH is 3. The fourth-order valence-electron chi connectivity index (χ4n) is 25.7. The number of carbonyl (C=O) groups is 6. The van der Waals surface area contributed by atoms with Gasteiger partial charge < -0.3 is 29.5 Å². The Morgan fingerprint density at radius 2 is 0.789 bits per heavy atom. The van der Waals surface area contributed by atoms with Gasteiger partial charge in [0.2, 0.25) is 0 Å². The fraction of sp³-hybridized carbons (Fsp3) is 0.846. The zero-order valence-corrected chi connectivity index (χ0v) is 56.6. The van der Waals surface area contributed by atoms with E-state index in [1.165, 1.54) is 58.8 Å². The molecule has 12 nitrogen and oxygen atoms in total. The first-order chi connectivity index (χ1) is 42.2. The first-order valence-electron chi connectivity index (χ1n) is 36.4. The Bertz CT molecular complexity index is 2760. The van der Waals surface area contributed by atoms with Crippen LogP contribution in [0.4, 0.5) is 0 Å². The van der Waals surface area contributed by atoms with E-state index in [0.29, 0.717) is 107 Å². The first-order valence-corrected chi connectivity index (χ1v) is 36.4. The van der Waals surface area contributed by atoms with E-state index < -0.39 is 18.3 Å². The Balaban J connectivity index is 0.000000148. The molecule has 12 saturated carbocycles. The number of hydrogen-bond donors (Lipinski definition) is 3. The van der Waals surface area contributed by atoms with Gasteiger partial charge in [0.1, 0.15) is 35.7 Å². The topological polar surface area (TPSA) is 191 Å². The van der Waals surface area contributed by atoms with Gasteiger partial charge in [-0.25, -0.2) is 4.79 Å². The third kappa shape index (κ3) is 12.0. The molecule has 3 N–H and O–H groups in total. The number of ketones is 3. The van der Waals surface area contributed by atoms with Crippen LogP contribution in [-0.4, -0.2) is 87.2 Å². The van der Waals surface area contributed by atoms with Crippen LogP contribution in [0.2, 0.25) is 0 Å². The highest BCUT2D eigenvalue weighted by Gasteiger charge is 2.66. The van der Waals surface area contributed by atoms with Gasteiger partial charge in [0, 0.05) is 56.8 Å². The molecule has 0 saturated heterocycles. The summed E-state index contributed by atoms with van der Waals surface area (Å²) in [4.78, 5) is 74.2. The number of benzene rings is 1. The molecule has 12 heteroatoms. The van der Waals surface area contributed by atoms with E-state index in [-0.39, 0.29) is 99.8 Å². The number of hydrogen-bond acceptors (Lipinski definition) is 12. The Labute approximate surface area is 541 Å². The summed E-state index contributed by atoms with van der Waals surface area (Å²) in [5.74, 6) is 8.13. The van der Waals surface area contributed by atoms with E-state index in [4.69, 9.17) is 14.2 Å². The first kappa shape index (κ1) is 69.4. The van der Waals surface area contributed by atoms with Crippen molar-refractivity contribution in [3.63, 3.8) is 0 Å². The zero-order chi connectivity index (χ0) is 63.9. The smallest absolute Gasteiger partial charge is 0.338 e. The number of Topliss-reactive ketones (excluding diaryl/α,β-unsaturated/α-hetero) is 3. The van der Waals surface area contributed by atoms with E-state index in [1.807, 2.05) is 39.0 Å². The number of rotatable bonds is 10. The minimum atomic E-state index is -0.584. The van der Waals surface area contributed by atoms with Crippen LogP contribution < -0.4 is 0 Å². The van der Waals surface area contributed by atoms with Gasteiger partial charge in [-0.05, 0) is 264 Å². The van der Waals surface area contributed by atoms with Crippen LogP contribution in [0.1, 0.15) is 267 Å². The average molecular weight is 1250 g/mol. The number of aliphatic hydroxyl groups is 3. The van der Waals surface area contributed by atoms with Crippen molar-refractivity contribution in [1.29, 1.82) is 0 Å². The molecule has 0 heterocycles. The van der Waals surface area contributed by atoms with Gasteiger partial charge in [-0.1, -0.05) is 87.9 Å². The molecule has 0 radical (unpaired) electrons. The third-order valence-electron chi connectivity index (χ3n) is 30.1. The second kappa shape index (κ2) is 26.6. The molecule has 0 spiro atoms. The van der Waals surface area contributed by atoms with Gasteiger partial charge in [-0.15, -0.1) is 0 Å². The molecule has 12 aliphatic carbocycles. The quantitative estimate of drug-likeness (QED) is 0.149. The second-order valence-electron chi connectivity index (χ2n) is 33.6. The lowest BCUT2D eigenvalue weighted by molar-refractivity contribution is -0.191. The van der Waals surface area contributed by atoms with E-state index >= 15 is 0 Å². The lowest BCUT2D eigenvalue weighted by Crippen LogP contribution is -2.59. The van der Waals surface area contributed by atoms with Crippen LogP contribution in [0.15, 0.2) is 30.3 Å². The maximum absolute atomic E-state index is 12.8. The summed E-state index contributed by atoms with van der Waals surface area (Å²) in [6.45, 7) is 23.4. The maximum Gasteiger partial charge on any atom is 0.338 e. The van der Waals surface area contributed by atoms with Crippen LogP contribution in [0.3, 0.4) is 0 Å². The highest BCUT2D eigenvalue weighted by Crippen LogP contribution is 2.71. The Morgan fingerprint density at radius 3 is 1.21 bits per heavy atom. The summed E-state index contributed by atoms with van der Waals surface area (Å²) in [6.07, 6.45) is 24.8. The lowest BCUT2D eigenvalue weighted by Gasteiger charge is -2.62. The molecule has 504 valence electrons. The van der Waals surface area contributed by atoms with Gasteiger partial charge in [0.05, 0.1) is 23.9 Å². The van der Waals surface area contributed by atoms with Gasteiger partial charge in [-0.2, -0.15) is 0 Å². The van der Waals surface area contributed by atoms with E-state index in [2.05, 4.69) is 41.5 Å². The lowest BCUT2D eigenvalue weighted by atomic mass is 9.44. The average Bonchev–Trinajstić information content (AvgIpc) is 1.29. The van der Waals surface area contributed by atoms with E-state index in [9.17, 15) is 44.1 Å². The predicted molar refractivity (Wildman–Crippen MR) is 349 cm³/mol. The summed E-state index contributed by atoms with van der Waals surface area (Å²) < 4.78 is 17.3. The molecular weight excluding hydrogens is 1130 g/mol. The molecule has 0 bridgehead atoms. The largest absolute Gasteiger partial charge is 0.462 e. The molecule has 12 fully saturated rings. The monoisotopic (exact) mass is 1250 g/mol. The normalized spacial score (nSPS) is 47.5. The molecule has 0 aliphatic heterocycles. The van der Waals surface area contributed by atoms with Crippen LogP contribution in [-0.2, 0) is 38.2 Å². The van der Waals surface area contributed by atoms with Crippen molar-refractivity contribution in [2.24, 2.45) is 121 Å². The molecule has 1 aromatic carbocycles. The molecular formula is C78H120O12. The minimum Gasteiger partial charge on any atom is -0.462 e. The molecule has 90 heavy (non-hydrogen) atoms. The van der Waals surface area contributed by atoms with Crippen molar-refractivity contribution in [2.75, 3.05) is 0 Å². The predicted octanol–water partition coefficient (Wildman–Crippen LogP) is 15.5. The number of carbonyl (C=O) groups excluding carboxylic acids is 6. The molecule has 13 rings (SSSR count). The van der Waals surface area contributed by atoms with Crippen LogP contribution >= 0.6 is 0 Å². The van der Waals surface area contributed by atoms with Crippen molar-refractivity contribution in [3.8, 4) is 0 Å². The minimum absolute atomic E-state index is 0. The summed E-state index contributed by atoms with van der Waals surface area (Å²) >= 11 is 0. The van der Waals surface area contributed by atoms with Crippen LogP contribution in [0, 0.1) is 121 Å². The van der Waals surface area contributed by atoms with Gasteiger partial charge in [0.25, 0.3) is 0 Å². The number of esters is 3. The van der Waals surface area contributed by atoms with E-state index in [0.717, 1.165) is 109 Å². The number of ether oxygens (including phenoxy) is 3. The summed E-state index contributed by atoms with van der Waals surface area (Å²) in [5.41, 5.74) is 1.35. The van der Waals surface area contributed by atoms with Crippen molar-refractivity contribution < 1.29 is 58.3 Å². The summed E-state index contributed by atoms with van der Waals surface area (Å²) in [6, 6.07) is 9.12. The molecule has 0 amide bonds. The van der Waals surface area contributed by atoms with Crippen LogP contribution in [0.25, 0.3) is 0 Å². The zero-order valence-electron chi connectivity index (χ0n) is 56.6. The fourth-order valence-corrected chi connectivity index (χ4v) is 25.7. The van der Waals surface area contributed by atoms with Gasteiger partial charge in [0.15, 0.2) is 0 Å². The number of fused-ring (bicyclic) bond motifs is 15. The molecule has 27 atom stereocenters. The SMILES string of the molecule is C.CCC(=O)[C@H]1CC[C@H]2[C@@H]3CC[C@H]4C[C@H](O)[C@@H](OC(=O)c5ccccc5)C[C@]4(C)[C@H]3CC[C@]12C.CCC(=O)[C@H]1CC[C@H]2[C@@H]3CC[C@H]4C[C@H](O)[C@@H](OC(C)=O)C[C@]4(C)[C@H]3CC[C@]12C.CCC(=O)[C@H]1CC[C@H]2[C@@H]3C[C@H](OC(C)=O)[C@H]4C[C@H](O)CC[C@]4(C)[C@H]3CC[C@]12C. The molecule has 0 unspecified atom stereocenters. The maximum atomic E-state index is 12.8. The summed E-state index contributed by atoms with van der Waals surface area (Å²) in [5, 5.41) is 31.8. The van der Waals surface area contributed by atoms with Gasteiger partial charge in [-0.3, -0.25) is 24.0 Å². The highest BCUT2D eigenvalue weighted by molar-refractivity contribution is 5.89. The van der Waals surface area contributed by atoms with Crippen molar-refractivity contribution in [3.05, 3.63) is 35.9 Å². The Hall–Kier alpha value is -3.48. The van der Waals surface area contributed by atoms with Crippen molar-refractivity contribution in [1.82, 2.24) is 0 Å². The molecule has 1 aromatic rings. The third-order valence-corrected chi connectivity index (χ3v) is 30.1. The Morgan fingerprint density at radius 1 is 0.411 bits per heavy atom. The van der Waals surface area contributed by atoms with Crippen molar-refractivity contribution >= 4 is 35.3 Å². The van der Waals surface area contributed by atoms with Crippen LogP contribution in [0.5, 0.6) is 0 Å². The summed E-state index contributed by atoms with van der Waals surface area (Å²) in [7, 11) is 0. The van der Waals surface area contributed by atoms with E-state index in [1.54, 1.807) is 12.1 Å². The highest BCUT2D eigenvalue weighted by atomic mass is 16.6. The Kier molecular flexibility index (Phi) is 20.5. The second-order valence-corrected chi connectivity index (χ2v) is 33.6. The van der Waals surface area contributed by atoms with Gasteiger partial charge >= 0.3 is 17.9 Å². The molecule has 0 aromatic heterocycles. The molecule has 12 aliphatic rings.